The fourth-order valence-corrected chi connectivity index (χ4v) is 2.45. The summed E-state index contributed by atoms with van der Waals surface area (Å²) in [6.07, 6.45) is 2.79. The molecule has 1 fully saturated rings. The second-order valence-electron chi connectivity index (χ2n) is 4.88. The van der Waals surface area contributed by atoms with Gasteiger partial charge in [0.15, 0.2) is 11.5 Å². The van der Waals surface area contributed by atoms with Gasteiger partial charge in [0.1, 0.15) is 6.61 Å². The van der Waals surface area contributed by atoms with Gasteiger partial charge in [-0.3, -0.25) is 4.79 Å². The Morgan fingerprint density at radius 3 is 3.26 bits per heavy atom. The number of hydrogen-bond donors (Lipinski definition) is 1. The maximum atomic E-state index is 12.3. The minimum absolute atomic E-state index is 0.103. The van der Waals surface area contributed by atoms with Crippen LogP contribution in [0.15, 0.2) is 10.6 Å². The van der Waals surface area contributed by atoms with Crippen LogP contribution < -0.4 is 0 Å². The predicted molar refractivity (Wildman–Crippen MR) is 67.5 cm³/mol. The quantitative estimate of drug-likeness (QED) is 0.864. The number of hydrogen-bond acceptors (Lipinski definition) is 5. The van der Waals surface area contributed by atoms with Crippen molar-refractivity contribution < 1.29 is 19.2 Å². The lowest BCUT2D eigenvalue weighted by molar-refractivity contribution is 0.0643. The van der Waals surface area contributed by atoms with Crippen LogP contribution in [0.4, 0.5) is 0 Å². The second-order valence-corrected chi connectivity index (χ2v) is 4.88. The molecule has 1 atom stereocenters. The van der Waals surface area contributed by atoms with Crippen molar-refractivity contribution in [2.45, 2.75) is 25.9 Å². The van der Waals surface area contributed by atoms with Crippen molar-refractivity contribution >= 4 is 5.91 Å². The van der Waals surface area contributed by atoms with Crippen LogP contribution in [-0.2, 0) is 11.3 Å². The monoisotopic (exact) mass is 268 g/mol. The van der Waals surface area contributed by atoms with Gasteiger partial charge in [0.05, 0.1) is 0 Å². The van der Waals surface area contributed by atoms with E-state index in [9.17, 15) is 4.79 Å². The largest absolute Gasteiger partial charge is 0.396 e. The summed E-state index contributed by atoms with van der Waals surface area (Å²) in [4.78, 5) is 14.1. The second kappa shape index (κ2) is 6.68. The van der Waals surface area contributed by atoms with E-state index in [4.69, 9.17) is 14.4 Å². The van der Waals surface area contributed by atoms with Crippen LogP contribution in [0.5, 0.6) is 0 Å². The predicted octanol–water partition coefficient (Wildman–Crippen LogP) is 1.06. The van der Waals surface area contributed by atoms with Crippen LogP contribution in [0.2, 0.25) is 0 Å². The van der Waals surface area contributed by atoms with Crippen LogP contribution in [0.1, 0.15) is 35.5 Å². The maximum absolute atomic E-state index is 12.3. The highest BCUT2D eigenvalue weighted by atomic mass is 16.5. The number of carbonyl (C=O) groups is 1. The average molecular weight is 268 g/mol. The van der Waals surface area contributed by atoms with E-state index in [1.54, 1.807) is 18.1 Å². The molecule has 1 amide bonds. The van der Waals surface area contributed by atoms with Gasteiger partial charge in [0.25, 0.3) is 5.91 Å². The van der Waals surface area contributed by atoms with Crippen LogP contribution in [0.3, 0.4) is 0 Å². The minimum atomic E-state index is -0.103. The molecule has 1 N–H and O–H groups in total. The number of nitrogens with zero attached hydrogens (tertiary/aromatic N) is 2. The fourth-order valence-electron chi connectivity index (χ4n) is 2.45. The number of rotatable bonds is 5. The highest BCUT2D eigenvalue weighted by molar-refractivity contribution is 5.92. The van der Waals surface area contributed by atoms with Crippen molar-refractivity contribution in [3.8, 4) is 0 Å². The Kier molecular flexibility index (Phi) is 4.93. The summed E-state index contributed by atoms with van der Waals surface area (Å²) in [5.74, 6) is 0.830. The zero-order valence-corrected chi connectivity index (χ0v) is 11.2. The number of aliphatic hydroxyl groups excluding tert-OH is 1. The van der Waals surface area contributed by atoms with Crippen molar-refractivity contribution in [2.75, 3.05) is 26.8 Å². The summed E-state index contributed by atoms with van der Waals surface area (Å²) in [6, 6.07) is 1.63. The molecule has 2 heterocycles. The third kappa shape index (κ3) is 3.54. The molecule has 1 aromatic rings. The molecule has 106 valence electrons. The Morgan fingerprint density at radius 1 is 1.68 bits per heavy atom. The lowest BCUT2D eigenvalue weighted by atomic mass is 9.95. The number of likely N-dealkylation sites (tertiary alicyclic amines) is 1. The molecular formula is C13H20N2O4. The van der Waals surface area contributed by atoms with Gasteiger partial charge in [-0.1, -0.05) is 5.16 Å². The number of ether oxygens (including phenoxy) is 1. The molecule has 1 aromatic heterocycles. The van der Waals surface area contributed by atoms with Crippen LogP contribution in [-0.4, -0.2) is 47.9 Å². The lowest BCUT2D eigenvalue weighted by Gasteiger charge is -2.31. The number of carbonyl (C=O) groups excluding carboxylic acids is 1. The molecular weight excluding hydrogens is 248 g/mol. The molecule has 0 aromatic carbocycles. The standard InChI is InChI=1S/C13H20N2O4/c1-18-9-11-7-12(14-19-11)13(17)15-5-2-3-10(8-15)4-6-16/h7,10,16H,2-6,8-9H2,1H3. The van der Waals surface area contributed by atoms with Crippen molar-refractivity contribution in [2.24, 2.45) is 5.92 Å². The molecule has 6 nitrogen and oxygen atoms in total. The summed E-state index contributed by atoms with van der Waals surface area (Å²) >= 11 is 0. The fraction of sp³-hybridized carbons (Fsp3) is 0.692. The molecule has 6 heteroatoms. The Hall–Kier alpha value is -1.40. The van der Waals surface area contributed by atoms with E-state index in [-0.39, 0.29) is 12.5 Å². The van der Waals surface area contributed by atoms with E-state index < -0.39 is 0 Å². The summed E-state index contributed by atoms with van der Waals surface area (Å²) < 4.78 is 9.96. The maximum Gasteiger partial charge on any atom is 0.276 e. The Morgan fingerprint density at radius 2 is 2.53 bits per heavy atom. The molecule has 1 aliphatic heterocycles. The molecule has 0 spiro atoms. The summed E-state index contributed by atoms with van der Waals surface area (Å²) in [6.45, 7) is 1.92. The number of aromatic nitrogens is 1. The molecule has 19 heavy (non-hydrogen) atoms. The van der Waals surface area contributed by atoms with Crippen LogP contribution in [0, 0.1) is 5.92 Å². The molecule has 1 unspecified atom stereocenters. The molecule has 2 rings (SSSR count). The SMILES string of the molecule is COCc1cc(C(=O)N2CCCC(CCO)C2)no1. The first-order chi connectivity index (χ1) is 9.24. The smallest absolute Gasteiger partial charge is 0.276 e. The van der Waals surface area contributed by atoms with E-state index in [2.05, 4.69) is 5.16 Å². The van der Waals surface area contributed by atoms with Gasteiger partial charge in [-0.05, 0) is 25.2 Å². The van der Waals surface area contributed by atoms with Gasteiger partial charge in [0, 0.05) is 32.9 Å². The highest BCUT2D eigenvalue weighted by Crippen LogP contribution is 2.21. The zero-order chi connectivity index (χ0) is 13.7. The Labute approximate surface area is 112 Å². The summed E-state index contributed by atoms with van der Waals surface area (Å²) in [5, 5.41) is 12.8. The summed E-state index contributed by atoms with van der Waals surface area (Å²) in [7, 11) is 1.56. The van der Waals surface area contributed by atoms with E-state index in [0.29, 0.717) is 30.5 Å². The van der Waals surface area contributed by atoms with Crippen molar-refractivity contribution in [1.29, 1.82) is 0 Å². The topological polar surface area (TPSA) is 75.8 Å². The summed E-state index contributed by atoms with van der Waals surface area (Å²) in [5.41, 5.74) is 0.330. The van der Waals surface area contributed by atoms with Gasteiger partial charge >= 0.3 is 0 Å². The van der Waals surface area contributed by atoms with Crippen LogP contribution in [0.25, 0.3) is 0 Å². The van der Waals surface area contributed by atoms with E-state index in [1.807, 2.05) is 0 Å². The molecule has 1 aliphatic rings. The van der Waals surface area contributed by atoms with Gasteiger partial charge in [-0.25, -0.2) is 0 Å². The molecule has 1 saturated heterocycles. The van der Waals surface area contributed by atoms with Gasteiger partial charge in [-0.2, -0.15) is 0 Å². The van der Waals surface area contributed by atoms with Crippen LogP contribution >= 0.6 is 0 Å². The van der Waals surface area contributed by atoms with E-state index in [0.717, 1.165) is 25.8 Å². The van der Waals surface area contributed by atoms with Gasteiger partial charge in [0.2, 0.25) is 0 Å². The van der Waals surface area contributed by atoms with Crippen molar-refractivity contribution in [3.63, 3.8) is 0 Å². The average Bonchev–Trinajstić information content (AvgIpc) is 2.88. The Balaban J connectivity index is 1.97. The Bertz CT molecular complexity index is 417. The van der Waals surface area contributed by atoms with E-state index >= 15 is 0 Å². The van der Waals surface area contributed by atoms with Gasteiger partial charge < -0.3 is 19.3 Å². The van der Waals surface area contributed by atoms with Gasteiger partial charge in [-0.15, -0.1) is 0 Å². The number of piperidine rings is 1. The van der Waals surface area contributed by atoms with Crippen molar-refractivity contribution in [3.05, 3.63) is 17.5 Å². The zero-order valence-electron chi connectivity index (χ0n) is 11.2. The first-order valence-corrected chi connectivity index (χ1v) is 6.59. The third-order valence-electron chi connectivity index (χ3n) is 3.41. The molecule has 0 bridgehead atoms. The number of aliphatic hydroxyl groups is 1. The first kappa shape index (κ1) is 14.0. The highest BCUT2D eigenvalue weighted by Gasteiger charge is 2.26. The first-order valence-electron chi connectivity index (χ1n) is 6.59. The lowest BCUT2D eigenvalue weighted by Crippen LogP contribution is -2.40. The minimum Gasteiger partial charge on any atom is -0.396 e. The number of amides is 1. The van der Waals surface area contributed by atoms with Crippen molar-refractivity contribution in [1.82, 2.24) is 10.1 Å². The molecule has 0 aliphatic carbocycles. The third-order valence-corrected chi connectivity index (χ3v) is 3.41. The number of methoxy groups -OCH3 is 1. The van der Waals surface area contributed by atoms with E-state index in [1.165, 1.54) is 0 Å². The molecule has 0 radical (unpaired) electrons. The molecule has 0 saturated carbocycles. The normalized spacial score (nSPS) is 19.7.